The number of ether oxygens (including phenoxy) is 1. The van der Waals surface area contributed by atoms with Gasteiger partial charge >= 0.3 is 5.97 Å². The van der Waals surface area contributed by atoms with E-state index < -0.39 is 35.3 Å². The Kier molecular flexibility index (Phi) is 10.6. The molecule has 7 rings (SSSR count). The van der Waals surface area contributed by atoms with Crippen molar-refractivity contribution in [3.8, 4) is 0 Å². The van der Waals surface area contributed by atoms with Gasteiger partial charge in [-0.3, -0.25) is 24.3 Å². The highest BCUT2D eigenvalue weighted by Crippen LogP contribution is 2.45. The van der Waals surface area contributed by atoms with Gasteiger partial charge in [-0.2, -0.15) is 0 Å². The van der Waals surface area contributed by atoms with Crippen LogP contribution in [0.5, 0.6) is 0 Å². The van der Waals surface area contributed by atoms with E-state index in [0.29, 0.717) is 17.1 Å². The number of oxime groups is 1. The first kappa shape index (κ1) is 34.2. The quantitative estimate of drug-likeness (QED) is 0.0571. The Labute approximate surface area is 305 Å². The predicted octanol–water partition coefficient (Wildman–Crippen LogP) is 5.34. The van der Waals surface area contributed by atoms with Crippen LogP contribution in [0.15, 0.2) is 112 Å². The molecule has 1 saturated carbocycles. The number of amides is 3. The lowest BCUT2D eigenvalue weighted by atomic mass is 10.0. The van der Waals surface area contributed by atoms with Crippen molar-refractivity contribution in [1.29, 1.82) is 0 Å². The van der Waals surface area contributed by atoms with E-state index in [1.807, 2.05) is 84.3 Å². The normalized spacial score (nSPS) is 18.6. The molecular weight excluding hydrogens is 709 g/mol. The molecule has 0 bridgehead atoms. The molecule has 258 valence electrons. The lowest BCUT2D eigenvalue weighted by molar-refractivity contribution is -0.154. The number of fused-ring (bicyclic) bond motifs is 1. The highest BCUT2D eigenvalue weighted by molar-refractivity contribution is 8.08. The first-order chi connectivity index (χ1) is 25.0. The Morgan fingerprint density at radius 2 is 1.78 bits per heavy atom. The summed E-state index contributed by atoms with van der Waals surface area (Å²) in [5, 5.41) is 12.4. The molecule has 1 aliphatic carbocycles. The first-order valence-electron chi connectivity index (χ1n) is 15.9. The standard InChI is InChI=1S/C36H30N6O6S3/c43-21-38-36-39-26(19-51-36)28(41-48-25-13-14-25)32(44)40-29-33(45)42-30(27(20-50-34(29)42)49-17-15-22-8-7-16-37-18-22)35(46)47-31(23-9-3-1-4-10-23)24-11-5-2-6-12-24/h1-12,15-19,21,25,29,31,34H,13-14,20H2,(H,40,44)(H,38,39,43)/b17-15-,41-28-/t29-,34-/m1/s1. The summed E-state index contributed by atoms with van der Waals surface area (Å²) in [4.78, 5) is 68.7. The number of pyridine rings is 1. The van der Waals surface area contributed by atoms with Gasteiger partial charge in [-0.15, -0.1) is 23.1 Å². The molecule has 12 nitrogen and oxygen atoms in total. The van der Waals surface area contributed by atoms with Gasteiger partial charge < -0.3 is 20.2 Å². The number of aromatic nitrogens is 2. The largest absolute Gasteiger partial charge is 0.448 e. The highest BCUT2D eigenvalue weighted by atomic mass is 32.2. The summed E-state index contributed by atoms with van der Waals surface area (Å²) in [5.41, 5.74) is 2.63. The third-order valence-corrected chi connectivity index (χ3v) is 11.1. The average Bonchev–Trinajstić information content (AvgIpc) is 3.89. The van der Waals surface area contributed by atoms with Crippen molar-refractivity contribution in [3.05, 3.63) is 129 Å². The van der Waals surface area contributed by atoms with Gasteiger partial charge in [0.1, 0.15) is 28.9 Å². The van der Waals surface area contributed by atoms with Crippen LogP contribution in [-0.4, -0.2) is 68.0 Å². The molecule has 2 aromatic carbocycles. The van der Waals surface area contributed by atoms with E-state index in [-0.39, 0.29) is 28.3 Å². The van der Waals surface area contributed by atoms with Gasteiger partial charge in [0.2, 0.25) is 6.41 Å². The number of anilines is 1. The summed E-state index contributed by atoms with van der Waals surface area (Å²) in [6, 6.07) is 21.6. The van der Waals surface area contributed by atoms with Crippen LogP contribution < -0.4 is 10.6 Å². The molecule has 2 aliphatic heterocycles. The number of thiazole rings is 1. The number of hydrogen-bond acceptors (Lipinski definition) is 12. The molecule has 3 aliphatic rings. The summed E-state index contributed by atoms with van der Waals surface area (Å²) in [6.07, 6.45) is 6.59. The predicted molar refractivity (Wildman–Crippen MR) is 196 cm³/mol. The summed E-state index contributed by atoms with van der Waals surface area (Å²) in [7, 11) is 0. The minimum atomic E-state index is -0.959. The summed E-state index contributed by atoms with van der Waals surface area (Å²) >= 11 is 3.87. The van der Waals surface area contributed by atoms with E-state index >= 15 is 0 Å². The second-order valence-electron chi connectivity index (χ2n) is 11.5. The fourth-order valence-corrected chi connectivity index (χ4v) is 8.31. The van der Waals surface area contributed by atoms with Crippen LogP contribution in [-0.2, 0) is 28.8 Å². The highest BCUT2D eigenvalue weighted by Gasteiger charge is 2.55. The number of thioether (sulfide) groups is 2. The fourth-order valence-electron chi connectivity index (χ4n) is 5.30. The monoisotopic (exact) mass is 738 g/mol. The Hall–Kier alpha value is -5.25. The van der Waals surface area contributed by atoms with E-state index in [4.69, 9.17) is 9.57 Å². The second kappa shape index (κ2) is 15.7. The van der Waals surface area contributed by atoms with Crippen LogP contribution in [0.25, 0.3) is 6.08 Å². The number of benzene rings is 2. The maximum absolute atomic E-state index is 14.3. The molecule has 0 radical (unpaired) electrons. The van der Waals surface area contributed by atoms with Crippen molar-refractivity contribution < 1.29 is 28.8 Å². The lowest BCUT2D eigenvalue weighted by Gasteiger charge is -2.49. The molecule has 15 heteroatoms. The van der Waals surface area contributed by atoms with Crippen LogP contribution in [0.1, 0.15) is 41.3 Å². The fraction of sp³-hybridized carbons (Fsp3) is 0.194. The maximum atomic E-state index is 14.3. The first-order valence-corrected chi connectivity index (χ1v) is 18.7. The van der Waals surface area contributed by atoms with Crippen LogP contribution in [0.4, 0.5) is 5.13 Å². The molecule has 2 N–H and O–H groups in total. The SMILES string of the molecule is O=CNc1nc(/C(=N/OC2CC2)C(=O)N[C@@H]2C(=O)N3C(C(=O)OC(c4ccccc4)c4ccccc4)=C(S/C=C\c4cccnc4)CS[C@H]23)cs1. The van der Waals surface area contributed by atoms with Crippen LogP contribution in [0.3, 0.4) is 0 Å². The van der Waals surface area contributed by atoms with E-state index in [9.17, 15) is 19.2 Å². The van der Waals surface area contributed by atoms with E-state index in [2.05, 4.69) is 25.8 Å². The zero-order valence-electron chi connectivity index (χ0n) is 26.8. The van der Waals surface area contributed by atoms with Gasteiger partial charge in [-0.1, -0.05) is 83.6 Å². The van der Waals surface area contributed by atoms with E-state index in [1.165, 1.54) is 28.4 Å². The van der Waals surface area contributed by atoms with Gasteiger partial charge in [0, 0.05) is 28.4 Å². The van der Waals surface area contributed by atoms with Gasteiger partial charge in [-0.25, -0.2) is 9.78 Å². The second-order valence-corrected chi connectivity index (χ2v) is 14.5. The zero-order chi connectivity index (χ0) is 35.2. The number of β-lactam (4-membered cyclic amide) rings is 1. The molecular formula is C36H30N6O6S3. The van der Waals surface area contributed by atoms with Crippen molar-refractivity contribution >= 4 is 76.0 Å². The maximum Gasteiger partial charge on any atom is 0.356 e. The molecule has 51 heavy (non-hydrogen) atoms. The van der Waals surface area contributed by atoms with E-state index in [0.717, 1.165) is 40.9 Å². The van der Waals surface area contributed by atoms with Crippen LogP contribution in [0, 0.1) is 0 Å². The minimum absolute atomic E-state index is 0.0915. The number of carbonyl (C=O) groups is 4. The van der Waals surface area contributed by atoms with Gasteiger partial charge in [0.05, 0.1) is 0 Å². The molecule has 0 spiro atoms. The molecule has 1 saturated heterocycles. The molecule has 4 heterocycles. The van der Waals surface area contributed by atoms with Crippen LogP contribution >= 0.6 is 34.9 Å². The Morgan fingerprint density at radius 3 is 2.45 bits per heavy atom. The van der Waals surface area contributed by atoms with Gasteiger partial charge in [-0.05, 0) is 47.1 Å². The number of hydrogen-bond donors (Lipinski definition) is 2. The Balaban J connectivity index is 1.15. The third kappa shape index (κ3) is 7.90. The van der Waals surface area contributed by atoms with Gasteiger partial charge in [0.15, 0.2) is 16.9 Å². The molecule has 0 unspecified atom stereocenters. The molecule has 4 aromatic rings. The Morgan fingerprint density at radius 1 is 1.04 bits per heavy atom. The number of rotatable bonds is 14. The van der Waals surface area contributed by atoms with Crippen molar-refractivity contribution in [1.82, 2.24) is 20.2 Å². The average molecular weight is 739 g/mol. The summed E-state index contributed by atoms with van der Waals surface area (Å²) in [5.74, 6) is -1.42. The summed E-state index contributed by atoms with van der Waals surface area (Å²) < 4.78 is 6.24. The topological polar surface area (TPSA) is 152 Å². The molecule has 3 amide bonds. The van der Waals surface area contributed by atoms with Gasteiger partial charge in [0.25, 0.3) is 11.8 Å². The number of nitrogens with zero attached hydrogens (tertiary/aromatic N) is 4. The molecule has 2 atom stereocenters. The summed E-state index contributed by atoms with van der Waals surface area (Å²) in [6.45, 7) is 0. The minimum Gasteiger partial charge on any atom is -0.448 e. The zero-order valence-corrected chi connectivity index (χ0v) is 29.2. The van der Waals surface area contributed by atoms with Crippen molar-refractivity contribution in [3.63, 3.8) is 0 Å². The molecule has 2 aromatic heterocycles. The van der Waals surface area contributed by atoms with Crippen molar-refractivity contribution in [2.75, 3.05) is 11.1 Å². The number of esters is 1. The number of carbonyl (C=O) groups excluding carboxylic acids is 4. The smallest absolute Gasteiger partial charge is 0.356 e. The number of nitrogens with one attached hydrogen (secondary N) is 2. The third-order valence-electron chi connectivity index (χ3n) is 7.96. The van der Waals surface area contributed by atoms with Crippen LogP contribution in [0.2, 0.25) is 0 Å². The van der Waals surface area contributed by atoms with Crippen molar-refractivity contribution in [2.24, 2.45) is 5.16 Å². The Bertz CT molecular complexity index is 1960. The van der Waals surface area contributed by atoms with Crippen molar-refractivity contribution in [2.45, 2.75) is 36.5 Å². The van der Waals surface area contributed by atoms with E-state index in [1.54, 1.807) is 17.8 Å². The lowest BCUT2D eigenvalue weighted by Crippen LogP contribution is -2.71. The molecule has 2 fully saturated rings.